The lowest BCUT2D eigenvalue weighted by molar-refractivity contribution is 0.0959. The van der Waals surface area contributed by atoms with Crippen LogP contribution in [0, 0.1) is 0 Å². The third kappa shape index (κ3) is 4.84. The van der Waals surface area contributed by atoms with Gasteiger partial charge in [0, 0.05) is 31.9 Å². The summed E-state index contributed by atoms with van der Waals surface area (Å²) in [6, 6.07) is 15.0. The van der Waals surface area contributed by atoms with Crippen molar-refractivity contribution in [3.05, 3.63) is 60.4 Å². The lowest BCUT2D eigenvalue weighted by Gasteiger charge is -2.37. The number of hydrogen-bond donors (Lipinski definition) is 3. The molecule has 172 valence electrons. The molecule has 1 saturated heterocycles. The first kappa shape index (κ1) is 22.0. The van der Waals surface area contributed by atoms with Crippen LogP contribution in [0.3, 0.4) is 0 Å². The Morgan fingerprint density at radius 3 is 2.33 bits per heavy atom. The number of carbonyl (C=O) groups excluding carboxylic acids is 1. The minimum atomic E-state index is -0.361. The first-order valence-electron chi connectivity index (χ1n) is 10.5. The molecular weight excluding hydrogens is 422 g/mol. The molecule has 4 N–H and O–H groups in total. The summed E-state index contributed by atoms with van der Waals surface area (Å²) >= 11 is 0. The number of nitrogens with two attached hydrogens (primary N) is 1. The van der Waals surface area contributed by atoms with Crippen LogP contribution in [0.25, 0.3) is 0 Å². The molecule has 10 nitrogen and oxygen atoms in total. The highest BCUT2D eigenvalue weighted by atomic mass is 16.5. The zero-order valence-corrected chi connectivity index (χ0v) is 18.6. The van der Waals surface area contributed by atoms with E-state index in [1.807, 2.05) is 12.1 Å². The van der Waals surface area contributed by atoms with Crippen molar-refractivity contribution in [1.29, 1.82) is 0 Å². The first-order chi connectivity index (χ1) is 16.1. The summed E-state index contributed by atoms with van der Waals surface area (Å²) in [6.07, 6.45) is 1.43. The van der Waals surface area contributed by atoms with Gasteiger partial charge in [0.25, 0.3) is 5.91 Å². The molecular formula is C23H27N7O3. The standard InChI is InChI=1S/C23H27N7O3/c1-32-17-9-7-16(8-10-17)29-11-13-30(14-12-29)22-20(24)21(25-15-26-22)27-28-23(31)18-5-3-4-6-19(18)33-2/h3-10,15H,11-14,24H2,1-2H3,(H,28,31)(H,25,26,27). The fourth-order valence-electron chi connectivity index (χ4n) is 3.72. The number of methoxy groups -OCH3 is 2. The summed E-state index contributed by atoms with van der Waals surface area (Å²) in [7, 11) is 3.18. The average Bonchev–Trinajstić information content (AvgIpc) is 2.88. The van der Waals surface area contributed by atoms with Gasteiger partial charge in [0.05, 0.1) is 19.8 Å². The van der Waals surface area contributed by atoms with Crippen molar-refractivity contribution in [3.63, 3.8) is 0 Å². The van der Waals surface area contributed by atoms with Gasteiger partial charge in [-0.15, -0.1) is 0 Å². The van der Waals surface area contributed by atoms with Crippen LogP contribution in [0.5, 0.6) is 11.5 Å². The topological polar surface area (TPSA) is 118 Å². The maximum atomic E-state index is 12.5. The molecule has 2 aromatic carbocycles. The third-order valence-electron chi connectivity index (χ3n) is 5.53. The summed E-state index contributed by atoms with van der Waals surface area (Å²) in [5.41, 5.74) is 13.7. The number of piperazine rings is 1. The second-order valence-electron chi connectivity index (χ2n) is 7.41. The molecule has 0 saturated carbocycles. The van der Waals surface area contributed by atoms with E-state index in [0.717, 1.165) is 37.6 Å². The van der Waals surface area contributed by atoms with Crippen LogP contribution in [0.15, 0.2) is 54.9 Å². The van der Waals surface area contributed by atoms with E-state index in [2.05, 4.69) is 42.8 Å². The van der Waals surface area contributed by atoms with Gasteiger partial charge in [0.1, 0.15) is 23.5 Å². The lowest BCUT2D eigenvalue weighted by atomic mass is 10.2. The number of benzene rings is 2. The number of nitrogens with one attached hydrogen (secondary N) is 2. The molecule has 1 fully saturated rings. The number of nitrogen functional groups attached to an aromatic ring is 1. The lowest BCUT2D eigenvalue weighted by Crippen LogP contribution is -2.47. The van der Waals surface area contributed by atoms with Gasteiger partial charge in [-0.2, -0.15) is 0 Å². The van der Waals surface area contributed by atoms with Gasteiger partial charge >= 0.3 is 0 Å². The molecule has 33 heavy (non-hydrogen) atoms. The minimum Gasteiger partial charge on any atom is -0.497 e. The molecule has 0 bridgehead atoms. The van der Waals surface area contributed by atoms with E-state index >= 15 is 0 Å². The van der Waals surface area contributed by atoms with Crippen molar-refractivity contribution in [2.24, 2.45) is 0 Å². The zero-order chi connectivity index (χ0) is 23.2. The average molecular weight is 450 g/mol. The third-order valence-corrected chi connectivity index (χ3v) is 5.53. The Morgan fingerprint density at radius 1 is 0.939 bits per heavy atom. The van der Waals surface area contributed by atoms with E-state index in [0.29, 0.717) is 28.6 Å². The molecule has 1 aliphatic heterocycles. The fourth-order valence-corrected chi connectivity index (χ4v) is 3.72. The SMILES string of the molecule is COc1ccc(N2CCN(c3ncnc(NNC(=O)c4ccccc4OC)c3N)CC2)cc1. The van der Waals surface area contributed by atoms with Gasteiger partial charge in [-0.1, -0.05) is 12.1 Å². The van der Waals surface area contributed by atoms with Crippen molar-refractivity contribution >= 4 is 28.9 Å². The van der Waals surface area contributed by atoms with Gasteiger partial charge in [-0.05, 0) is 36.4 Å². The maximum absolute atomic E-state index is 12.5. The van der Waals surface area contributed by atoms with Crippen LogP contribution in [0.4, 0.5) is 23.0 Å². The van der Waals surface area contributed by atoms with Crippen molar-refractivity contribution in [2.75, 3.05) is 61.4 Å². The van der Waals surface area contributed by atoms with Crippen LogP contribution >= 0.6 is 0 Å². The predicted molar refractivity (Wildman–Crippen MR) is 128 cm³/mol. The van der Waals surface area contributed by atoms with Gasteiger partial charge < -0.3 is 25.0 Å². The number of carbonyl (C=O) groups is 1. The Kier molecular flexibility index (Phi) is 6.63. The fraction of sp³-hybridized carbons (Fsp3) is 0.261. The van der Waals surface area contributed by atoms with E-state index in [1.165, 1.54) is 13.4 Å². The quantitative estimate of drug-likeness (QED) is 0.466. The van der Waals surface area contributed by atoms with Crippen molar-refractivity contribution in [3.8, 4) is 11.5 Å². The predicted octanol–water partition coefficient (Wildman–Crippen LogP) is 2.16. The van der Waals surface area contributed by atoms with Crippen LogP contribution in [0.1, 0.15) is 10.4 Å². The smallest absolute Gasteiger partial charge is 0.273 e. The van der Waals surface area contributed by atoms with E-state index in [-0.39, 0.29) is 5.91 Å². The van der Waals surface area contributed by atoms with Crippen LogP contribution < -0.4 is 35.9 Å². The second-order valence-corrected chi connectivity index (χ2v) is 7.41. The highest BCUT2D eigenvalue weighted by molar-refractivity contribution is 5.97. The van der Waals surface area contributed by atoms with Crippen molar-refractivity contribution in [1.82, 2.24) is 15.4 Å². The Hall–Kier alpha value is -4.21. The van der Waals surface area contributed by atoms with E-state index < -0.39 is 0 Å². The van der Waals surface area contributed by atoms with Crippen LogP contribution in [-0.2, 0) is 0 Å². The number of amides is 1. The number of aromatic nitrogens is 2. The number of para-hydroxylation sites is 1. The van der Waals surface area contributed by atoms with Gasteiger partial charge in [-0.3, -0.25) is 15.6 Å². The second kappa shape index (κ2) is 9.94. The van der Waals surface area contributed by atoms with E-state index in [4.69, 9.17) is 15.2 Å². The van der Waals surface area contributed by atoms with Crippen molar-refractivity contribution < 1.29 is 14.3 Å². The largest absolute Gasteiger partial charge is 0.497 e. The number of rotatable bonds is 7. The van der Waals surface area contributed by atoms with Gasteiger partial charge in [-0.25, -0.2) is 9.97 Å². The zero-order valence-electron chi connectivity index (χ0n) is 18.6. The van der Waals surface area contributed by atoms with E-state index in [9.17, 15) is 4.79 Å². The molecule has 0 aliphatic carbocycles. The highest BCUT2D eigenvalue weighted by Crippen LogP contribution is 2.28. The number of hydrogen-bond acceptors (Lipinski definition) is 9. The highest BCUT2D eigenvalue weighted by Gasteiger charge is 2.22. The summed E-state index contributed by atoms with van der Waals surface area (Å²) in [5, 5.41) is 0. The monoisotopic (exact) mass is 449 g/mol. The number of anilines is 4. The maximum Gasteiger partial charge on any atom is 0.273 e. The summed E-state index contributed by atoms with van der Waals surface area (Å²) in [6.45, 7) is 3.15. The molecule has 1 aliphatic rings. The molecule has 0 atom stereocenters. The molecule has 4 rings (SSSR count). The molecule has 0 radical (unpaired) electrons. The summed E-state index contributed by atoms with van der Waals surface area (Å²) in [4.78, 5) is 25.5. The summed E-state index contributed by atoms with van der Waals surface area (Å²) < 4.78 is 10.5. The molecule has 1 amide bonds. The van der Waals surface area contributed by atoms with Crippen molar-refractivity contribution in [2.45, 2.75) is 0 Å². The van der Waals surface area contributed by atoms with E-state index in [1.54, 1.807) is 31.4 Å². The van der Waals surface area contributed by atoms with Gasteiger partial charge in [0.2, 0.25) is 0 Å². The number of nitrogens with zero attached hydrogens (tertiary/aromatic N) is 4. The Bertz CT molecular complexity index is 1100. The van der Waals surface area contributed by atoms with Crippen LogP contribution in [0.2, 0.25) is 0 Å². The normalized spacial score (nSPS) is 13.4. The van der Waals surface area contributed by atoms with Crippen LogP contribution in [-0.4, -0.2) is 56.3 Å². The van der Waals surface area contributed by atoms with Gasteiger partial charge in [0.15, 0.2) is 11.6 Å². The molecule has 1 aromatic heterocycles. The molecule has 0 spiro atoms. The molecule has 3 aromatic rings. The molecule has 10 heteroatoms. The Labute approximate surface area is 192 Å². The Balaban J connectivity index is 1.39. The molecule has 2 heterocycles. The first-order valence-corrected chi connectivity index (χ1v) is 10.5. The number of ether oxygens (including phenoxy) is 2. The summed E-state index contributed by atoms with van der Waals surface area (Å²) in [5.74, 6) is 1.92. The molecule has 0 unspecified atom stereocenters. The Morgan fingerprint density at radius 2 is 1.64 bits per heavy atom. The number of hydrazine groups is 1. The minimum absolute atomic E-state index is 0.334.